The molecule has 1 aliphatic carbocycles. The number of hydrogen-bond acceptors (Lipinski definition) is 8. The number of nitrogens with zero attached hydrogens (tertiary/aromatic N) is 2. The average Bonchev–Trinajstić information content (AvgIpc) is 3.40. The molecule has 3 heterocycles. The summed E-state index contributed by atoms with van der Waals surface area (Å²) in [5.41, 5.74) is 5.89. The Bertz CT molecular complexity index is 1350. The van der Waals surface area contributed by atoms with Crippen molar-refractivity contribution in [2.45, 2.75) is 83.2 Å². The zero-order valence-electron chi connectivity index (χ0n) is 23.8. The van der Waals surface area contributed by atoms with Gasteiger partial charge in [-0.15, -0.1) is 0 Å². The minimum Gasteiger partial charge on any atom is -0.486 e. The van der Waals surface area contributed by atoms with Crippen LogP contribution in [0.15, 0.2) is 47.2 Å². The zero-order chi connectivity index (χ0) is 28.2. The third kappa shape index (κ3) is 6.68. The van der Waals surface area contributed by atoms with Crippen molar-refractivity contribution in [1.29, 1.82) is 0 Å². The van der Waals surface area contributed by atoms with E-state index in [1.54, 1.807) is 0 Å². The van der Waals surface area contributed by atoms with E-state index < -0.39 is 6.10 Å². The Balaban J connectivity index is 1.05. The van der Waals surface area contributed by atoms with Gasteiger partial charge in [-0.05, 0) is 93.3 Å². The second-order valence-electron chi connectivity index (χ2n) is 11.6. The van der Waals surface area contributed by atoms with E-state index >= 15 is 0 Å². The number of amides is 1. The number of nitrogens with one attached hydrogen (secondary N) is 3. The van der Waals surface area contributed by atoms with Gasteiger partial charge in [-0.1, -0.05) is 6.07 Å². The maximum absolute atomic E-state index is 13.3. The van der Waals surface area contributed by atoms with Gasteiger partial charge in [0, 0.05) is 55.2 Å². The molecular weight excluding hydrogens is 518 g/mol. The lowest BCUT2D eigenvalue weighted by molar-refractivity contribution is 0.0870. The SMILES string of the molecule is Cc1ncoc1COc1ccc2c(c1)CN[C@H]([C@H](O)CNC(=O)c1cc(NC3CCC3)cc(N3CCCCC3)c1)C2. The number of aryl methyl sites for hydroxylation is 1. The molecule has 1 aromatic heterocycles. The van der Waals surface area contributed by atoms with Crippen LogP contribution in [-0.2, 0) is 19.6 Å². The Morgan fingerprint density at radius 2 is 2.00 bits per heavy atom. The highest BCUT2D eigenvalue weighted by Crippen LogP contribution is 2.29. The van der Waals surface area contributed by atoms with Crippen LogP contribution >= 0.6 is 0 Å². The van der Waals surface area contributed by atoms with E-state index in [4.69, 9.17) is 9.15 Å². The van der Waals surface area contributed by atoms with Crippen molar-refractivity contribution in [3.8, 4) is 5.75 Å². The van der Waals surface area contributed by atoms with Gasteiger partial charge >= 0.3 is 0 Å². The molecule has 3 aliphatic rings. The lowest BCUT2D eigenvalue weighted by Crippen LogP contribution is -2.49. The number of carbonyl (C=O) groups is 1. The molecular formula is C32H41N5O4. The topological polar surface area (TPSA) is 112 Å². The normalized spacial score (nSPS) is 19.7. The van der Waals surface area contributed by atoms with Crippen LogP contribution in [-0.4, -0.2) is 53.8 Å². The van der Waals surface area contributed by atoms with E-state index in [1.165, 1.54) is 50.5 Å². The van der Waals surface area contributed by atoms with Crippen molar-refractivity contribution in [3.63, 3.8) is 0 Å². The summed E-state index contributed by atoms with van der Waals surface area (Å²) in [4.78, 5) is 19.8. The molecule has 2 atom stereocenters. The maximum atomic E-state index is 13.3. The van der Waals surface area contributed by atoms with E-state index in [2.05, 4.69) is 38.0 Å². The summed E-state index contributed by atoms with van der Waals surface area (Å²) in [7, 11) is 0. The molecule has 1 amide bonds. The molecule has 0 spiro atoms. The highest BCUT2D eigenvalue weighted by molar-refractivity contribution is 5.96. The number of aliphatic hydroxyl groups is 1. The van der Waals surface area contributed by atoms with Gasteiger partial charge in [0.2, 0.25) is 0 Å². The van der Waals surface area contributed by atoms with E-state index in [0.29, 0.717) is 31.2 Å². The third-order valence-corrected chi connectivity index (χ3v) is 8.70. The summed E-state index contributed by atoms with van der Waals surface area (Å²) < 4.78 is 11.3. The number of ether oxygens (including phenoxy) is 1. The molecule has 218 valence electrons. The van der Waals surface area contributed by atoms with Crippen LogP contribution < -0.4 is 25.6 Å². The van der Waals surface area contributed by atoms with Gasteiger partial charge in [-0.25, -0.2) is 4.98 Å². The molecule has 2 aliphatic heterocycles. The first-order valence-electron chi connectivity index (χ1n) is 15.0. The number of aromatic nitrogens is 1. The largest absolute Gasteiger partial charge is 0.486 e. The zero-order valence-corrected chi connectivity index (χ0v) is 23.8. The van der Waals surface area contributed by atoms with Crippen molar-refractivity contribution >= 4 is 17.3 Å². The second-order valence-corrected chi connectivity index (χ2v) is 11.6. The van der Waals surface area contributed by atoms with Crippen LogP contribution in [0.5, 0.6) is 5.75 Å². The van der Waals surface area contributed by atoms with Gasteiger partial charge in [-0.2, -0.15) is 0 Å². The van der Waals surface area contributed by atoms with Crippen molar-refractivity contribution in [3.05, 3.63) is 70.9 Å². The maximum Gasteiger partial charge on any atom is 0.251 e. The Morgan fingerprint density at radius 3 is 2.76 bits per heavy atom. The fourth-order valence-corrected chi connectivity index (χ4v) is 5.88. The molecule has 2 aromatic carbocycles. The molecule has 4 N–H and O–H groups in total. The van der Waals surface area contributed by atoms with Crippen LogP contribution in [0.3, 0.4) is 0 Å². The Kier molecular flexibility index (Phi) is 8.43. The minimum atomic E-state index is -0.713. The smallest absolute Gasteiger partial charge is 0.251 e. The number of oxazole rings is 1. The van der Waals surface area contributed by atoms with Gasteiger partial charge in [0.15, 0.2) is 12.2 Å². The average molecular weight is 560 g/mol. The van der Waals surface area contributed by atoms with Crippen molar-refractivity contribution in [2.75, 3.05) is 29.9 Å². The number of fused-ring (bicyclic) bond motifs is 1. The van der Waals surface area contributed by atoms with E-state index in [9.17, 15) is 9.90 Å². The Morgan fingerprint density at radius 1 is 1.15 bits per heavy atom. The second kappa shape index (κ2) is 12.5. The Labute approximate surface area is 241 Å². The predicted molar refractivity (Wildman–Crippen MR) is 158 cm³/mol. The van der Waals surface area contributed by atoms with Crippen molar-refractivity contribution in [1.82, 2.24) is 15.6 Å². The first kappa shape index (κ1) is 27.6. The van der Waals surface area contributed by atoms with E-state index in [0.717, 1.165) is 47.2 Å². The summed E-state index contributed by atoms with van der Waals surface area (Å²) >= 11 is 0. The number of carbonyl (C=O) groups excluding carboxylic acids is 1. The number of hydrogen-bond donors (Lipinski definition) is 4. The molecule has 3 aromatic rings. The fraction of sp³-hybridized carbons (Fsp3) is 0.500. The quantitative estimate of drug-likeness (QED) is 0.291. The first-order chi connectivity index (χ1) is 20.0. The predicted octanol–water partition coefficient (Wildman–Crippen LogP) is 4.32. The molecule has 2 fully saturated rings. The number of benzene rings is 2. The standard InChI is InChI=1S/C32H41N5O4/c1-21-31(41-20-35-21)19-40-28-9-8-22-15-29(33-17-24(22)14-28)30(38)18-34-32(39)23-12-26(36-25-6-5-7-25)16-27(13-23)37-10-3-2-4-11-37/h8-9,12-14,16,20,25,29-30,33,36,38H,2-7,10-11,15,17-19H2,1H3,(H,34,39)/t29-,30+/m0/s1. The Hall–Kier alpha value is -3.56. The molecule has 6 rings (SSSR count). The van der Waals surface area contributed by atoms with E-state index in [1.807, 2.05) is 31.2 Å². The highest BCUT2D eigenvalue weighted by atomic mass is 16.5. The summed E-state index contributed by atoms with van der Waals surface area (Å²) in [5, 5.41) is 21.0. The molecule has 1 saturated heterocycles. The van der Waals surface area contributed by atoms with E-state index in [-0.39, 0.29) is 18.5 Å². The monoisotopic (exact) mass is 559 g/mol. The van der Waals surface area contributed by atoms with Gasteiger partial charge < -0.3 is 35.1 Å². The number of aliphatic hydroxyl groups excluding tert-OH is 1. The number of rotatable bonds is 10. The number of anilines is 2. The molecule has 9 heteroatoms. The molecule has 1 saturated carbocycles. The van der Waals surface area contributed by atoms with Gasteiger partial charge in [-0.3, -0.25) is 4.79 Å². The molecule has 41 heavy (non-hydrogen) atoms. The molecule has 0 bridgehead atoms. The summed E-state index contributed by atoms with van der Waals surface area (Å²) in [6.45, 7) is 5.08. The minimum absolute atomic E-state index is 0.151. The lowest BCUT2D eigenvalue weighted by atomic mass is 9.92. The van der Waals surface area contributed by atoms with Crippen LogP contribution in [0.1, 0.15) is 71.5 Å². The summed E-state index contributed by atoms with van der Waals surface area (Å²) in [6.07, 6.45) is 8.63. The highest BCUT2D eigenvalue weighted by Gasteiger charge is 2.26. The molecule has 0 unspecified atom stereocenters. The first-order valence-corrected chi connectivity index (χ1v) is 15.0. The third-order valence-electron chi connectivity index (χ3n) is 8.70. The summed E-state index contributed by atoms with van der Waals surface area (Å²) in [6, 6.07) is 12.5. The van der Waals surface area contributed by atoms with Gasteiger partial charge in [0.1, 0.15) is 12.4 Å². The van der Waals surface area contributed by atoms with Gasteiger partial charge in [0.05, 0.1) is 11.8 Å². The van der Waals surface area contributed by atoms with Crippen molar-refractivity contribution in [2.24, 2.45) is 0 Å². The van der Waals surface area contributed by atoms with Crippen LogP contribution in [0.2, 0.25) is 0 Å². The van der Waals surface area contributed by atoms with Crippen LogP contribution in [0.4, 0.5) is 11.4 Å². The van der Waals surface area contributed by atoms with Crippen molar-refractivity contribution < 1.29 is 19.1 Å². The molecule has 9 nitrogen and oxygen atoms in total. The van der Waals surface area contributed by atoms with Crippen LogP contribution in [0, 0.1) is 6.92 Å². The van der Waals surface area contributed by atoms with Crippen LogP contribution in [0.25, 0.3) is 0 Å². The fourth-order valence-electron chi connectivity index (χ4n) is 5.88. The lowest BCUT2D eigenvalue weighted by Gasteiger charge is -2.32. The molecule has 0 radical (unpaired) electrons. The number of piperidine rings is 1. The van der Waals surface area contributed by atoms with Gasteiger partial charge in [0.25, 0.3) is 5.91 Å². The summed E-state index contributed by atoms with van der Waals surface area (Å²) in [5.74, 6) is 1.33.